The zero-order valence-electron chi connectivity index (χ0n) is 16.0. The van der Waals surface area contributed by atoms with Gasteiger partial charge in [0.15, 0.2) is 5.96 Å². The van der Waals surface area contributed by atoms with Crippen LogP contribution < -0.4 is 11.5 Å². The molecule has 0 amide bonds. The highest BCUT2D eigenvalue weighted by atomic mass is 16.1. The predicted molar refractivity (Wildman–Crippen MR) is 105 cm³/mol. The smallest absolute Gasteiger partial charge is 0.185 e. The normalized spacial score (nSPS) is 10.7. The summed E-state index contributed by atoms with van der Waals surface area (Å²) in [4.78, 5) is 15.7. The highest BCUT2D eigenvalue weighted by Crippen LogP contribution is 2.12. The van der Waals surface area contributed by atoms with Gasteiger partial charge in [-0.3, -0.25) is 9.79 Å². The second-order valence-electron chi connectivity index (χ2n) is 6.94. The lowest BCUT2D eigenvalue weighted by Gasteiger charge is -2.03. The van der Waals surface area contributed by atoms with Crippen molar-refractivity contribution in [1.29, 1.82) is 0 Å². The first-order valence-electron chi connectivity index (χ1n) is 10.2. The van der Waals surface area contributed by atoms with E-state index >= 15 is 0 Å². The van der Waals surface area contributed by atoms with Crippen LogP contribution in [0.3, 0.4) is 0 Å². The Morgan fingerprint density at radius 2 is 1.08 bits per heavy atom. The number of carbonyl (C=O) groups is 1. The number of hydrogen-bond acceptors (Lipinski definition) is 2. The topological polar surface area (TPSA) is 81.5 Å². The van der Waals surface area contributed by atoms with E-state index in [2.05, 4.69) is 11.9 Å². The number of ketones is 1. The number of nitrogens with zero attached hydrogens (tertiary/aromatic N) is 1. The molecule has 0 unspecified atom stereocenters. The first-order chi connectivity index (χ1) is 11.7. The van der Waals surface area contributed by atoms with E-state index < -0.39 is 0 Å². The van der Waals surface area contributed by atoms with Crippen molar-refractivity contribution < 1.29 is 4.79 Å². The Bertz CT molecular complexity index is 312. The molecular formula is C20H41N3O. The number of nitrogens with two attached hydrogens (primary N) is 2. The van der Waals surface area contributed by atoms with Crippen LogP contribution >= 0.6 is 0 Å². The minimum atomic E-state index is 0.155. The van der Waals surface area contributed by atoms with E-state index in [1.165, 1.54) is 64.2 Å². The van der Waals surface area contributed by atoms with Gasteiger partial charge >= 0.3 is 0 Å². The second kappa shape index (κ2) is 18.3. The minimum Gasteiger partial charge on any atom is -0.370 e. The summed E-state index contributed by atoms with van der Waals surface area (Å²) in [5.41, 5.74) is 10.5. The second-order valence-corrected chi connectivity index (χ2v) is 6.94. The highest BCUT2D eigenvalue weighted by molar-refractivity contribution is 5.78. The van der Waals surface area contributed by atoms with Gasteiger partial charge in [0.25, 0.3) is 0 Å². The fourth-order valence-electron chi connectivity index (χ4n) is 2.93. The zero-order chi connectivity index (χ0) is 17.9. The molecule has 4 N–H and O–H groups in total. The summed E-state index contributed by atoms with van der Waals surface area (Å²) >= 11 is 0. The summed E-state index contributed by atoms with van der Waals surface area (Å²) in [6.45, 7) is 2.94. The largest absolute Gasteiger partial charge is 0.370 e. The average molecular weight is 340 g/mol. The summed E-state index contributed by atoms with van der Waals surface area (Å²) < 4.78 is 0. The Morgan fingerprint density at radius 1 is 0.667 bits per heavy atom. The molecular weight excluding hydrogens is 298 g/mol. The van der Waals surface area contributed by atoms with E-state index in [9.17, 15) is 4.79 Å². The maximum absolute atomic E-state index is 11.8. The van der Waals surface area contributed by atoms with E-state index in [1.807, 2.05) is 0 Å². The van der Waals surface area contributed by atoms with Crippen LogP contribution in [0.4, 0.5) is 0 Å². The van der Waals surface area contributed by atoms with Crippen LogP contribution in [0.15, 0.2) is 4.99 Å². The molecule has 0 aliphatic carbocycles. The lowest BCUT2D eigenvalue weighted by molar-refractivity contribution is -0.119. The van der Waals surface area contributed by atoms with Crippen molar-refractivity contribution in [3.63, 3.8) is 0 Å². The lowest BCUT2D eigenvalue weighted by Crippen LogP contribution is -2.22. The maximum Gasteiger partial charge on any atom is 0.185 e. The standard InChI is InChI=1S/C20H41N3O/c1-2-3-4-5-6-7-8-9-10-11-13-16-19(24)17-14-12-15-18-23-20(21)22/h2-18H2,1H3,(H4,21,22,23). The van der Waals surface area contributed by atoms with Crippen molar-refractivity contribution in [1.82, 2.24) is 0 Å². The third kappa shape index (κ3) is 19.0. The van der Waals surface area contributed by atoms with Crippen molar-refractivity contribution >= 4 is 11.7 Å². The van der Waals surface area contributed by atoms with E-state index in [0.717, 1.165) is 38.5 Å². The fourth-order valence-corrected chi connectivity index (χ4v) is 2.93. The summed E-state index contributed by atoms with van der Waals surface area (Å²) in [7, 11) is 0. The van der Waals surface area contributed by atoms with Gasteiger partial charge in [0.1, 0.15) is 5.78 Å². The predicted octanol–water partition coefficient (Wildman–Crippen LogP) is 5.09. The number of unbranched alkanes of at least 4 members (excludes halogenated alkanes) is 12. The van der Waals surface area contributed by atoms with Gasteiger partial charge < -0.3 is 11.5 Å². The molecule has 0 fully saturated rings. The van der Waals surface area contributed by atoms with Crippen LogP contribution in [0.2, 0.25) is 0 Å². The molecule has 0 atom stereocenters. The van der Waals surface area contributed by atoms with Crippen LogP contribution in [-0.2, 0) is 4.79 Å². The summed E-state index contributed by atoms with van der Waals surface area (Å²) in [5.74, 6) is 0.579. The molecule has 0 rings (SSSR count). The van der Waals surface area contributed by atoms with Gasteiger partial charge in [-0.25, -0.2) is 0 Å². The molecule has 0 aromatic heterocycles. The highest BCUT2D eigenvalue weighted by Gasteiger charge is 2.01. The first-order valence-corrected chi connectivity index (χ1v) is 10.2. The molecule has 0 saturated heterocycles. The number of hydrogen-bond donors (Lipinski definition) is 2. The Kier molecular flexibility index (Phi) is 17.5. The molecule has 24 heavy (non-hydrogen) atoms. The van der Waals surface area contributed by atoms with Crippen LogP contribution in [0.5, 0.6) is 0 Å². The lowest BCUT2D eigenvalue weighted by atomic mass is 10.0. The molecule has 0 saturated carbocycles. The molecule has 4 nitrogen and oxygen atoms in total. The molecule has 0 heterocycles. The number of aliphatic imine (C=N–C) groups is 1. The van der Waals surface area contributed by atoms with Gasteiger partial charge in [-0.1, -0.05) is 77.6 Å². The number of rotatable bonds is 18. The van der Waals surface area contributed by atoms with Crippen molar-refractivity contribution in [3.8, 4) is 0 Å². The number of Topliss-reactive ketones (excluding diaryl/α,β-unsaturated/α-hetero) is 1. The van der Waals surface area contributed by atoms with E-state index in [4.69, 9.17) is 11.5 Å². The summed E-state index contributed by atoms with van der Waals surface area (Å²) in [6, 6.07) is 0. The van der Waals surface area contributed by atoms with Crippen molar-refractivity contribution in [2.45, 2.75) is 110 Å². The van der Waals surface area contributed by atoms with Crippen molar-refractivity contribution in [2.75, 3.05) is 6.54 Å². The fraction of sp³-hybridized carbons (Fsp3) is 0.900. The summed E-state index contributed by atoms with van der Waals surface area (Å²) in [6.07, 6.45) is 19.1. The van der Waals surface area contributed by atoms with Crippen LogP contribution in [-0.4, -0.2) is 18.3 Å². The van der Waals surface area contributed by atoms with E-state index in [-0.39, 0.29) is 5.96 Å². The first kappa shape index (κ1) is 22.9. The Hall–Kier alpha value is -1.06. The minimum absolute atomic E-state index is 0.155. The quantitative estimate of drug-likeness (QED) is 0.207. The Morgan fingerprint density at radius 3 is 1.54 bits per heavy atom. The molecule has 0 aliphatic rings. The molecule has 4 heteroatoms. The number of guanidine groups is 1. The van der Waals surface area contributed by atoms with Crippen LogP contribution in [0.25, 0.3) is 0 Å². The van der Waals surface area contributed by atoms with Gasteiger partial charge in [0.05, 0.1) is 0 Å². The van der Waals surface area contributed by atoms with Crippen molar-refractivity contribution in [3.05, 3.63) is 0 Å². The van der Waals surface area contributed by atoms with Gasteiger partial charge in [0.2, 0.25) is 0 Å². The molecule has 0 radical (unpaired) electrons. The molecule has 142 valence electrons. The SMILES string of the molecule is CCCCCCCCCCCCCC(=O)CCCCCN=C(N)N. The van der Waals surface area contributed by atoms with Crippen LogP contribution in [0.1, 0.15) is 110 Å². The van der Waals surface area contributed by atoms with Gasteiger partial charge in [-0.15, -0.1) is 0 Å². The van der Waals surface area contributed by atoms with Gasteiger partial charge in [-0.2, -0.15) is 0 Å². The molecule has 0 aromatic rings. The molecule has 0 aromatic carbocycles. The molecule has 0 spiro atoms. The van der Waals surface area contributed by atoms with E-state index in [1.54, 1.807) is 0 Å². The average Bonchev–Trinajstić information content (AvgIpc) is 2.55. The molecule has 0 bridgehead atoms. The third-order valence-corrected chi connectivity index (χ3v) is 4.47. The van der Waals surface area contributed by atoms with E-state index in [0.29, 0.717) is 12.3 Å². The maximum atomic E-state index is 11.8. The van der Waals surface area contributed by atoms with Gasteiger partial charge in [-0.05, 0) is 19.3 Å². The Labute approximate surface area is 149 Å². The van der Waals surface area contributed by atoms with Crippen molar-refractivity contribution in [2.24, 2.45) is 16.5 Å². The van der Waals surface area contributed by atoms with Gasteiger partial charge in [0, 0.05) is 19.4 Å². The summed E-state index contributed by atoms with van der Waals surface area (Å²) in [5, 5.41) is 0. The monoisotopic (exact) mass is 339 g/mol. The zero-order valence-corrected chi connectivity index (χ0v) is 16.0. The molecule has 0 aliphatic heterocycles. The number of carbonyl (C=O) groups excluding carboxylic acids is 1. The third-order valence-electron chi connectivity index (χ3n) is 4.47. The Balaban J connectivity index is 3.19. The van der Waals surface area contributed by atoms with Crippen LogP contribution in [0, 0.1) is 0 Å².